The maximum absolute atomic E-state index is 13.2. The van der Waals surface area contributed by atoms with Gasteiger partial charge in [0.2, 0.25) is 11.8 Å². The molecule has 3 N–H and O–H groups in total. The van der Waals surface area contributed by atoms with E-state index in [2.05, 4.69) is 4.98 Å². The van der Waals surface area contributed by atoms with Crippen molar-refractivity contribution >= 4 is 40.9 Å². The van der Waals surface area contributed by atoms with Gasteiger partial charge in [0, 0.05) is 22.6 Å². The molecule has 4 aliphatic rings. The Bertz CT molecular complexity index is 1200. The monoisotopic (exact) mass is 472 g/mol. The van der Waals surface area contributed by atoms with E-state index in [1.165, 1.54) is 11.3 Å². The first-order chi connectivity index (χ1) is 15.3. The molecule has 0 radical (unpaired) electrons. The van der Waals surface area contributed by atoms with Crippen LogP contribution in [0.15, 0.2) is 34.1 Å². The van der Waals surface area contributed by atoms with Gasteiger partial charge in [-0.1, -0.05) is 23.5 Å². The lowest BCUT2D eigenvalue weighted by Crippen LogP contribution is -2.42. The Morgan fingerprint density at radius 2 is 1.78 bits per heavy atom. The maximum Gasteiger partial charge on any atom is 0.305 e. The molecule has 7 atom stereocenters. The Morgan fingerprint density at radius 3 is 2.47 bits per heavy atom. The van der Waals surface area contributed by atoms with Gasteiger partial charge in [-0.05, 0) is 41.9 Å². The summed E-state index contributed by atoms with van der Waals surface area (Å²) in [5.41, 5.74) is 0.984. The van der Waals surface area contributed by atoms with Crippen molar-refractivity contribution in [2.75, 3.05) is 6.54 Å². The van der Waals surface area contributed by atoms with E-state index < -0.39 is 17.8 Å². The van der Waals surface area contributed by atoms with Gasteiger partial charge < -0.3 is 15.2 Å². The molecule has 32 heavy (non-hydrogen) atoms. The number of amides is 2. The first-order valence-corrected chi connectivity index (χ1v) is 12.3. The Hall–Kier alpha value is -2.59. The molecule has 2 amide bonds. The number of hydrogen-bond acceptors (Lipinski definition) is 7. The molecule has 2 saturated carbocycles. The highest BCUT2D eigenvalue weighted by molar-refractivity contribution is 8.00. The van der Waals surface area contributed by atoms with Gasteiger partial charge >= 0.3 is 10.8 Å². The number of fused-ring (bicyclic) bond motifs is 9. The second-order valence-corrected chi connectivity index (χ2v) is 11.2. The average molecular weight is 473 g/mol. The number of carboxylic acid groups (broad SMARTS) is 1. The van der Waals surface area contributed by atoms with Crippen LogP contribution in [0.2, 0.25) is 0 Å². The van der Waals surface area contributed by atoms with Gasteiger partial charge in [0.1, 0.15) is 5.75 Å². The van der Waals surface area contributed by atoms with Gasteiger partial charge in [0.15, 0.2) is 0 Å². The molecule has 3 fully saturated rings. The molecule has 0 unspecified atom stereocenters. The van der Waals surface area contributed by atoms with Gasteiger partial charge in [0.05, 0.1) is 23.3 Å². The first-order valence-electron chi connectivity index (χ1n) is 10.6. The number of phenolic OH excluding ortho intramolecular Hbond substituents is 1. The van der Waals surface area contributed by atoms with Crippen LogP contribution in [-0.4, -0.2) is 49.7 Å². The molecule has 3 heterocycles. The number of aromatic nitrogens is 1. The summed E-state index contributed by atoms with van der Waals surface area (Å²) in [7, 11) is 0. The molecule has 2 bridgehead atoms. The SMILES string of the molecule is O=C(O)CCN1C(=O)[C@@H]2[C@H]3C[C@@H]([C@H]4Sc5[nH]c(=O)sc5[C@@H](c5ccc(O)cc5)[C@@H]34)[C@H]2C1=O. The number of aromatic amines is 1. The van der Waals surface area contributed by atoms with E-state index in [0.717, 1.165) is 26.8 Å². The van der Waals surface area contributed by atoms with Crippen molar-refractivity contribution < 1.29 is 24.6 Å². The number of thioether (sulfide) groups is 1. The zero-order valence-electron chi connectivity index (χ0n) is 16.8. The summed E-state index contributed by atoms with van der Waals surface area (Å²) in [5.74, 6) is -2.15. The molecule has 1 saturated heterocycles. The lowest BCUT2D eigenvalue weighted by Gasteiger charge is -2.43. The number of nitrogens with one attached hydrogen (secondary N) is 1. The number of rotatable bonds is 4. The Balaban J connectivity index is 1.41. The van der Waals surface area contributed by atoms with Gasteiger partial charge in [-0.3, -0.25) is 24.1 Å². The average Bonchev–Trinajstić information content (AvgIpc) is 3.47. The van der Waals surface area contributed by atoms with Crippen LogP contribution in [0.25, 0.3) is 0 Å². The number of benzene rings is 1. The number of likely N-dealkylation sites (tertiary alicyclic amines) is 1. The third-order valence-electron chi connectivity index (χ3n) is 7.62. The van der Waals surface area contributed by atoms with Crippen LogP contribution in [0, 0.1) is 29.6 Å². The Kier molecular flexibility index (Phi) is 4.36. The first kappa shape index (κ1) is 20.0. The number of hydrogen-bond donors (Lipinski definition) is 3. The van der Waals surface area contributed by atoms with Crippen LogP contribution in [0.5, 0.6) is 5.75 Å². The molecule has 8 nitrogen and oxygen atoms in total. The van der Waals surface area contributed by atoms with E-state index in [1.807, 2.05) is 12.1 Å². The van der Waals surface area contributed by atoms with Crippen LogP contribution < -0.4 is 4.87 Å². The Morgan fingerprint density at radius 1 is 1.09 bits per heavy atom. The van der Waals surface area contributed by atoms with Crippen molar-refractivity contribution in [1.29, 1.82) is 0 Å². The second kappa shape index (κ2) is 6.95. The van der Waals surface area contributed by atoms with E-state index in [1.54, 1.807) is 23.9 Å². The zero-order valence-corrected chi connectivity index (χ0v) is 18.4. The zero-order chi connectivity index (χ0) is 22.3. The van der Waals surface area contributed by atoms with Crippen molar-refractivity contribution in [2.45, 2.75) is 29.0 Å². The largest absolute Gasteiger partial charge is 0.508 e. The number of thiazole rings is 1. The number of nitrogens with zero attached hydrogens (tertiary/aromatic N) is 1. The molecular formula is C22H20N2O6S2. The van der Waals surface area contributed by atoms with Crippen molar-refractivity contribution in [3.05, 3.63) is 44.4 Å². The van der Waals surface area contributed by atoms with Crippen molar-refractivity contribution in [3.8, 4) is 5.75 Å². The molecule has 2 aromatic rings. The number of phenols is 1. The highest BCUT2D eigenvalue weighted by atomic mass is 32.2. The second-order valence-electron chi connectivity index (χ2n) is 9.02. The predicted molar refractivity (Wildman–Crippen MR) is 116 cm³/mol. The standard InChI is InChI=1S/C22H20N2O6S2/c25-9-3-1-8(2-4-9)13-14-10-7-11(17(14)31-19-18(13)32-22(30)23-19)16-15(10)20(28)24(21(16)29)6-5-12(26)27/h1-4,10-11,13-17,25H,5-7H2,(H,23,30)(H,26,27)/t10-,11+,13-,14+,15+,16+,17+/m0/s1. The lowest BCUT2D eigenvalue weighted by molar-refractivity contribution is -0.142. The summed E-state index contributed by atoms with van der Waals surface area (Å²) in [6.45, 7) is -0.0794. The van der Waals surface area contributed by atoms with Crippen LogP contribution in [0.1, 0.15) is 29.2 Å². The summed E-state index contributed by atoms with van der Waals surface area (Å²) in [6, 6.07) is 7.00. The molecule has 6 rings (SSSR count). The third-order valence-corrected chi connectivity index (χ3v) is 10.2. The molecule has 1 aromatic carbocycles. The van der Waals surface area contributed by atoms with Crippen LogP contribution in [0.4, 0.5) is 0 Å². The van der Waals surface area contributed by atoms with E-state index >= 15 is 0 Å². The fourth-order valence-electron chi connectivity index (χ4n) is 6.56. The van der Waals surface area contributed by atoms with E-state index in [9.17, 15) is 24.3 Å². The van der Waals surface area contributed by atoms with Crippen LogP contribution in [0.3, 0.4) is 0 Å². The minimum absolute atomic E-state index is 0.00191. The van der Waals surface area contributed by atoms with Gasteiger partial charge in [-0.25, -0.2) is 0 Å². The Labute approximate surface area is 190 Å². The van der Waals surface area contributed by atoms with E-state index in [0.29, 0.717) is 0 Å². The summed E-state index contributed by atoms with van der Waals surface area (Å²) in [4.78, 5) is 54.5. The predicted octanol–water partition coefficient (Wildman–Crippen LogP) is 2.09. The minimum atomic E-state index is -1.03. The number of carbonyl (C=O) groups excluding carboxylic acids is 2. The lowest BCUT2D eigenvalue weighted by atomic mass is 9.68. The molecule has 10 heteroatoms. The van der Waals surface area contributed by atoms with Gasteiger partial charge in [-0.2, -0.15) is 0 Å². The number of imide groups is 1. The van der Waals surface area contributed by atoms with E-state index in [4.69, 9.17) is 5.11 Å². The quantitative estimate of drug-likeness (QED) is 0.582. The van der Waals surface area contributed by atoms with Gasteiger partial charge in [-0.15, -0.1) is 11.8 Å². The fourth-order valence-corrected chi connectivity index (χ4v) is 9.45. The van der Waals surface area contributed by atoms with Crippen molar-refractivity contribution in [1.82, 2.24) is 9.88 Å². The summed E-state index contributed by atoms with van der Waals surface area (Å²) >= 11 is 2.80. The number of H-pyrrole nitrogens is 1. The molecular weight excluding hydrogens is 452 g/mol. The highest BCUT2D eigenvalue weighted by Gasteiger charge is 2.69. The van der Waals surface area contributed by atoms with Crippen molar-refractivity contribution in [2.24, 2.45) is 29.6 Å². The maximum atomic E-state index is 13.2. The molecule has 2 aliphatic carbocycles. The third kappa shape index (κ3) is 2.68. The minimum Gasteiger partial charge on any atom is -0.508 e. The van der Waals surface area contributed by atoms with Crippen molar-refractivity contribution in [3.63, 3.8) is 0 Å². The number of aliphatic carboxylic acids is 1. The highest BCUT2D eigenvalue weighted by Crippen LogP contribution is 2.68. The molecule has 1 aromatic heterocycles. The fraction of sp³-hybridized carbons (Fsp3) is 0.455. The topological polar surface area (TPSA) is 128 Å². The van der Waals surface area contributed by atoms with Gasteiger partial charge in [0.25, 0.3) is 0 Å². The molecule has 2 aliphatic heterocycles. The summed E-state index contributed by atoms with van der Waals surface area (Å²) in [6.07, 6.45) is 0.540. The summed E-state index contributed by atoms with van der Waals surface area (Å²) in [5, 5.41) is 19.7. The molecule has 166 valence electrons. The number of carboxylic acids is 1. The molecule has 0 spiro atoms. The normalized spacial score (nSPS) is 34.5. The number of carbonyl (C=O) groups is 3. The van der Waals surface area contributed by atoms with Crippen LogP contribution in [-0.2, 0) is 14.4 Å². The van der Waals surface area contributed by atoms with Crippen LogP contribution >= 0.6 is 23.1 Å². The number of aromatic hydroxyl groups is 1. The smallest absolute Gasteiger partial charge is 0.305 e. The summed E-state index contributed by atoms with van der Waals surface area (Å²) < 4.78 is 0. The van der Waals surface area contributed by atoms with E-state index in [-0.39, 0.29) is 64.3 Å².